The van der Waals surface area contributed by atoms with Gasteiger partial charge in [0.1, 0.15) is 0 Å². The molecule has 2 heterocycles. The van der Waals surface area contributed by atoms with Gasteiger partial charge in [0.25, 0.3) is 12.2 Å². The molecule has 1 aromatic rings. The van der Waals surface area contributed by atoms with Crippen LogP contribution in [0.3, 0.4) is 0 Å². The Balaban J connectivity index is 2.40. The number of rotatable bonds is 1. The molecule has 6 nitrogen and oxygen atoms in total. The Morgan fingerprint density at radius 2 is 2.45 bits per heavy atom. The summed E-state index contributed by atoms with van der Waals surface area (Å²) in [6.45, 7) is 3.55. The summed E-state index contributed by atoms with van der Waals surface area (Å²) in [5, 5.41) is 7.75. The fraction of sp³-hybridized carbons (Fsp3) is 0. The van der Waals surface area contributed by atoms with Crippen LogP contribution in [0.5, 0.6) is 0 Å². The molecule has 0 radical (unpaired) electrons. The molecule has 6 heteroatoms. The van der Waals surface area contributed by atoms with Crippen LogP contribution in [0.1, 0.15) is 0 Å². The summed E-state index contributed by atoms with van der Waals surface area (Å²) in [4.78, 5) is 10.5. The summed E-state index contributed by atoms with van der Waals surface area (Å²) in [5.41, 5.74) is 0. The van der Waals surface area contributed by atoms with Gasteiger partial charge in [-0.25, -0.2) is 4.98 Å². The number of aromatic nitrogens is 3. The van der Waals surface area contributed by atoms with E-state index in [9.17, 15) is 0 Å². The van der Waals surface area contributed by atoms with Crippen molar-refractivity contribution in [2.24, 2.45) is 10.1 Å². The zero-order valence-corrected chi connectivity index (χ0v) is 5.62. The maximum atomic E-state index is 3.91. The summed E-state index contributed by atoms with van der Waals surface area (Å²) in [5.74, 6) is 0.459. The highest BCUT2D eigenvalue weighted by Crippen LogP contribution is 2.00. The molecule has 0 fully saturated rings. The third-order valence-electron chi connectivity index (χ3n) is 1.14. The van der Waals surface area contributed by atoms with Crippen molar-refractivity contribution >= 4 is 6.34 Å². The van der Waals surface area contributed by atoms with Crippen LogP contribution in [0.4, 0.5) is 0 Å². The molecule has 0 saturated heterocycles. The number of aliphatic imine (C=N–C) groups is 1. The quantitative estimate of drug-likeness (QED) is 0.528. The first-order valence-electron chi connectivity index (χ1n) is 2.95. The van der Waals surface area contributed by atoms with Crippen LogP contribution in [0.2, 0.25) is 0 Å². The van der Waals surface area contributed by atoms with Gasteiger partial charge in [-0.05, 0) is 26.4 Å². The van der Waals surface area contributed by atoms with Crippen molar-refractivity contribution in [1.82, 2.24) is 14.9 Å². The third-order valence-corrected chi connectivity index (χ3v) is 1.14. The molecular formula is C5H5N6+. The van der Waals surface area contributed by atoms with Gasteiger partial charge in [0.2, 0.25) is 6.33 Å². The lowest BCUT2D eigenvalue weighted by Crippen LogP contribution is -2.13. The van der Waals surface area contributed by atoms with Crippen molar-refractivity contribution in [3.8, 4) is 0 Å². The number of hydrogen-bond acceptors (Lipinski definition) is 4. The van der Waals surface area contributed by atoms with Crippen molar-refractivity contribution in [2.45, 2.75) is 0 Å². The smallest absolute Gasteiger partial charge is 0.202 e. The summed E-state index contributed by atoms with van der Waals surface area (Å²) >= 11 is 0. The second kappa shape index (κ2) is 2.08. The highest BCUT2D eigenvalue weighted by atomic mass is 15.7. The van der Waals surface area contributed by atoms with Crippen LogP contribution in [0.15, 0.2) is 35.2 Å². The Hall–Kier alpha value is -1.85. The molecule has 0 bridgehead atoms. The van der Waals surface area contributed by atoms with E-state index in [4.69, 9.17) is 0 Å². The van der Waals surface area contributed by atoms with E-state index in [-0.39, 0.29) is 0 Å². The highest BCUT2D eigenvalue weighted by molar-refractivity contribution is 5.47. The molecule has 1 aromatic heterocycles. The maximum absolute atomic E-state index is 3.91. The van der Waals surface area contributed by atoms with E-state index in [1.165, 1.54) is 28.6 Å². The molecule has 2 rings (SSSR count). The van der Waals surface area contributed by atoms with Crippen LogP contribution in [-0.2, 0) is 0 Å². The summed E-state index contributed by atoms with van der Waals surface area (Å²) in [6.07, 6.45) is 4.45. The predicted molar refractivity (Wildman–Crippen MR) is 35.7 cm³/mol. The lowest BCUT2D eigenvalue weighted by Gasteiger charge is -1.86. The highest BCUT2D eigenvalue weighted by Gasteiger charge is 2.11. The van der Waals surface area contributed by atoms with Crippen molar-refractivity contribution < 1.29 is 4.81 Å². The van der Waals surface area contributed by atoms with Gasteiger partial charge >= 0.3 is 0 Å². The zero-order valence-electron chi connectivity index (χ0n) is 5.62. The molecular weight excluding hydrogens is 144 g/mol. The molecule has 0 N–H and O–H groups in total. The second-order valence-corrected chi connectivity index (χ2v) is 1.90. The summed E-state index contributed by atoms with van der Waals surface area (Å²) < 4.78 is 0. The minimum atomic E-state index is 0.459. The third kappa shape index (κ3) is 0.936. The van der Waals surface area contributed by atoms with Crippen molar-refractivity contribution in [1.29, 1.82) is 0 Å². The zero-order chi connectivity index (χ0) is 7.68. The minimum absolute atomic E-state index is 0.459. The topological polar surface area (TPSA) is 58.4 Å². The van der Waals surface area contributed by atoms with Crippen LogP contribution < -0.4 is 0 Å². The summed E-state index contributed by atoms with van der Waals surface area (Å²) in [6, 6.07) is 0. The van der Waals surface area contributed by atoms with E-state index in [0.717, 1.165) is 0 Å². The number of nitrogens with zero attached hydrogens (tertiary/aromatic N) is 6. The lowest BCUT2D eigenvalue weighted by atomic mass is 10.9. The Morgan fingerprint density at radius 3 is 3.00 bits per heavy atom. The predicted octanol–water partition coefficient (Wildman–Crippen LogP) is 0.0190. The monoisotopic (exact) mass is 149 g/mol. The fourth-order valence-corrected chi connectivity index (χ4v) is 0.695. The largest absolute Gasteiger partial charge is 0.273 e. The first-order valence-corrected chi connectivity index (χ1v) is 2.95. The Labute approximate surface area is 62.2 Å². The first kappa shape index (κ1) is 5.90. The van der Waals surface area contributed by atoms with E-state index in [2.05, 4.69) is 26.8 Å². The van der Waals surface area contributed by atoms with Gasteiger partial charge < -0.3 is 0 Å². The molecule has 0 unspecified atom stereocenters. The molecule has 0 spiro atoms. The Kier molecular flexibility index (Phi) is 1.12. The number of azo groups is 1. The lowest BCUT2D eigenvalue weighted by molar-refractivity contribution is -0.539. The van der Waals surface area contributed by atoms with Crippen LogP contribution in [-0.4, -0.2) is 26.0 Å². The molecule has 0 amide bonds. The van der Waals surface area contributed by atoms with Gasteiger partial charge in [0, 0.05) is 0 Å². The first-order chi connectivity index (χ1) is 5.36. The normalized spacial score (nSPS) is 15.6. The van der Waals surface area contributed by atoms with Crippen LogP contribution in [0, 0.1) is 0 Å². The number of hydrogen-bond donors (Lipinski definition) is 0. The second-order valence-electron chi connectivity index (χ2n) is 1.90. The van der Waals surface area contributed by atoms with Gasteiger partial charge in [-0.3, -0.25) is 0 Å². The van der Waals surface area contributed by atoms with Crippen molar-refractivity contribution in [3.63, 3.8) is 0 Å². The SMILES string of the molecule is C=C1N=C[N+](n2cncn2)=N1. The van der Waals surface area contributed by atoms with Gasteiger partial charge in [-0.15, -0.1) is 0 Å². The van der Waals surface area contributed by atoms with Crippen molar-refractivity contribution in [2.75, 3.05) is 0 Å². The van der Waals surface area contributed by atoms with E-state index >= 15 is 0 Å². The Bertz CT molecular complexity index is 332. The van der Waals surface area contributed by atoms with E-state index in [1.807, 2.05) is 0 Å². The van der Waals surface area contributed by atoms with E-state index in [1.54, 1.807) is 0 Å². The molecule has 0 atom stereocenters. The van der Waals surface area contributed by atoms with E-state index < -0.39 is 0 Å². The van der Waals surface area contributed by atoms with Crippen LogP contribution in [0.25, 0.3) is 0 Å². The molecule has 1 aliphatic rings. The molecule has 54 valence electrons. The van der Waals surface area contributed by atoms with Gasteiger partial charge in [0.05, 0.1) is 0 Å². The molecule has 1 aliphatic heterocycles. The van der Waals surface area contributed by atoms with Gasteiger partial charge in [-0.1, -0.05) is 4.99 Å². The fourth-order valence-electron chi connectivity index (χ4n) is 0.695. The summed E-state index contributed by atoms with van der Waals surface area (Å²) in [7, 11) is 0. The molecule has 0 aromatic carbocycles. The van der Waals surface area contributed by atoms with Crippen molar-refractivity contribution in [3.05, 3.63) is 25.1 Å². The van der Waals surface area contributed by atoms with E-state index in [0.29, 0.717) is 5.82 Å². The average molecular weight is 149 g/mol. The van der Waals surface area contributed by atoms with Gasteiger partial charge in [0.15, 0.2) is 6.33 Å². The molecule has 11 heavy (non-hydrogen) atoms. The minimum Gasteiger partial charge on any atom is -0.202 e. The van der Waals surface area contributed by atoms with Crippen LogP contribution >= 0.6 is 0 Å². The molecule has 0 saturated carbocycles. The molecule has 0 aliphatic carbocycles. The Morgan fingerprint density at radius 1 is 1.55 bits per heavy atom. The standard InChI is InChI=1S/C5H5N6/c1-5-7-4-11(9-5)10-3-6-2-8-10/h2-4H,1H2/q+1. The van der Waals surface area contributed by atoms with Gasteiger partial charge in [-0.2, -0.15) is 0 Å². The maximum Gasteiger partial charge on any atom is 0.273 e. The average Bonchev–Trinajstić information content (AvgIpc) is 2.55.